The van der Waals surface area contributed by atoms with Crippen molar-refractivity contribution in [3.05, 3.63) is 83.9 Å². The number of ether oxygens (including phenoxy) is 2. The van der Waals surface area contributed by atoms with E-state index in [9.17, 15) is 18.3 Å². The first-order valence-corrected chi connectivity index (χ1v) is 15.6. The van der Waals surface area contributed by atoms with Crippen LogP contribution >= 0.6 is 0 Å². The van der Waals surface area contributed by atoms with Gasteiger partial charge < -0.3 is 19.5 Å². The third kappa shape index (κ3) is 8.69. The Bertz CT molecular complexity index is 1420. The number of nitrogens with zero attached hydrogens (tertiary/aromatic N) is 2. The van der Waals surface area contributed by atoms with Crippen LogP contribution in [0.25, 0.3) is 0 Å². The van der Waals surface area contributed by atoms with Gasteiger partial charge in [0.2, 0.25) is 15.9 Å². The number of carbonyl (C=O) groups excluding carboxylic acids is 1. The number of sulfonamides is 1. The van der Waals surface area contributed by atoms with Gasteiger partial charge in [-0.15, -0.1) is 0 Å². The van der Waals surface area contributed by atoms with E-state index in [1.54, 1.807) is 23.1 Å². The summed E-state index contributed by atoms with van der Waals surface area (Å²) < 4.78 is 38.5. The second-order valence-electron chi connectivity index (χ2n) is 10.8. The molecule has 3 aromatic rings. The molecule has 1 aliphatic heterocycles. The zero-order valence-corrected chi connectivity index (χ0v) is 24.8. The number of para-hydroxylation sites is 1. The SMILES string of the molecule is C[C@@H]1CN([C@@H](C)CO)C(=O)Cc2cc(NS(C)(=O)=O)ccc2O[C@H]1CN(C)Cc1ccc(Oc2ccccc2)cc1. The molecule has 0 saturated heterocycles. The van der Waals surface area contributed by atoms with Crippen molar-refractivity contribution in [1.29, 1.82) is 0 Å². The molecule has 0 saturated carbocycles. The molecule has 1 heterocycles. The summed E-state index contributed by atoms with van der Waals surface area (Å²) in [5, 5.41) is 9.85. The minimum Gasteiger partial charge on any atom is -0.488 e. The van der Waals surface area contributed by atoms with E-state index in [2.05, 4.69) is 9.62 Å². The molecule has 1 aliphatic rings. The normalized spacial score (nSPS) is 18.5. The van der Waals surface area contributed by atoms with Gasteiger partial charge in [-0.3, -0.25) is 14.4 Å². The summed E-state index contributed by atoms with van der Waals surface area (Å²) >= 11 is 0. The Hall–Kier alpha value is -3.60. The molecule has 3 atom stereocenters. The maximum absolute atomic E-state index is 13.3. The molecule has 0 aromatic heterocycles. The fraction of sp³-hybridized carbons (Fsp3) is 0.387. The number of benzene rings is 3. The van der Waals surface area contributed by atoms with Crippen molar-refractivity contribution in [1.82, 2.24) is 9.80 Å². The number of carbonyl (C=O) groups is 1. The van der Waals surface area contributed by atoms with E-state index in [0.717, 1.165) is 23.3 Å². The highest BCUT2D eigenvalue weighted by atomic mass is 32.2. The first-order valence-electron chi connectivity index (χ1n) is 13.7. The molecule has 0 aliphatic carbocycles. The van der Waals surface area contributed by atoms with E-state index in [0.29, 0.717) is 36.6 Å². The molecule has 220 valence electrons. The zero-order chi connectivity index (χ0) is 29.6. The summed E-state index contributed by atoms with van der Waals surface area (Å²) in [5.74, 6) is 1.90. The number of anilines is 1. The lowest BCUT2D eigenvalue weighted by molar-refractivity contribution is -0.134. The van der Waals surface area contributed by atoms with Gasteiger partial charge in [-0.1, -0.05) is 37.3 Å². The largest absolute Gasteiger partial charge is 0.488 e. The average molecular weight is 582 g/mol. The van der Waals surface area contributed by atoms with Crippen LogP contribution in [0.5, 0.6) is 17.2 Å². The van der Waals surface area contributed by atoms with Gasteiger partial charge in [0.15, 0.2) is 0 Å². The monoisotopic (exact) mass is 581 g/mol. The summed E-state index contributed by atoms with van der Waals surface area (Å²) in [6.45, 7) is 5.39. The van der Waals surface area contributed by atoms with Gasteiger partial charge in [-0.25, -0.2) is 8.42 Å². The molecule has 4 rings (SSSR count). The van der Waals surface area contributed by atoms with E-state index in [4.69, 9.17) is 9.47 Å². The number of amides is 1. The van der Waals surface area contributed by atoms with E-state index < -0.39 is 10.0 Å². The summed E-state index contributed by atoms with van der Waals surface area (Å²) in [7, 11) is -1.46. The topological polar surface area (TPSA) is 108 Å². The molecule has 2 N–H and O–H groups in total. The van der Waals surface area contributed by atoms with Gasteiger partial charge in [-0.2, -0.15) is 0 Å². The summed E-state index contributed by atoms with van der Waals surface area (Å²) in [6, 6.07) is 22.3. The smallest absolute Gasteiger partial charge is 0.229 e. The Morgan fingerprint density at radius 1 is 1.10 bits per heavy atom. The first-order chi connectivity index (χ1) is 19.5. The van der Waals surface area contributed by atoms with Crippen LogP contribution < -0.4 is 14.2 Å². The van der Waals surface area contributed by atoms with Crippen molar-refractivity contribution < 1.29 is 27.8 Å². The van der Waals surface area contributed by atoms with Gasteiger partial charge in [-0.05, 0) is 62.0 Å². The molecule has 0 unspecified atom stereocenters. The predicted octanol–water partition coefficient (Wildman–Crippen LogP) is 4.13. The molecule has 10 heteroatoms. The highest BCUT2D eigenvalue weighted by molar-refractivity contribution is 7.92. The van der Waals surface area contributed by atoms with E-state index >= 15 is 0 Å². The Morgan fingerprint density at radius 3 is 2.44 bits per heavy atom. The van der Waals surface area contributed by atoms with Crippen LogP contribution in [0.1, 0.15) is 25.0 Å². The lowest BCUT2D eigenvalue weighted by Crippen LogP contribution is -2.47. The summed E-state index contributed by atoms with van der Waals surface area (Å²) in [4.78, 5) is 17.2. The second kappa shape index (κ2) is 13.4. The highest BCUT2D eigenvalue weighted by Crippen LogP contribution is 2.30. The zero-order valence-electron chi connectivity index (χ0n) is 24.0. The Morgan fingerprint density at radius 2 is 1.78 bits per heavy atom. The second-order valence-corrected chi connectivity index (χ2v) is 12.6. The minimum absolute atomic E-state index is 0.0334. The summed E-state index contributed by atoms with van der Waals surface area (Å²) in [5.41, 5.74) is 2.07. The number of likely N-dealkylation sites (N-methyl/N-ethyl adjacent to an activating group) is 1. The van der Waals surface area contributed by atoms with E-state index in [1.807, 2.05) is 75.5 Å². The molecule has 1 amide bonds. The lowest BCUT2D eigenvalue weighted by atomic mass is 10.0. The quantitative estimate of drug-likeness (QED) is 0.371. The Balaban J connectivity index is 1.52. The van der Waals surface area contributed by atoms with Crippen LogP contribution in [0, 0.1) is 5.92 Å². The fourth-order valence-electron chi connectivity index (χ4n) is 4.90. The van der Waals surface area contributed by atoms with Gasteiger partial charge in [0.05, 0.1) is 25.3 Å². The van der Waals surface area contributed by atoms with Gasteiger partial charge >= 0.3 is 0 Å². The van der Waals surface area contributed by atoms with Gasteiger partial charge in [0.1, 0.15) is 23.4 Å². The Kier molecular flexibility index (Phi) is 9.90. The fourth-order valence-corrected chi connectivity index (χ4v) is 5.45. The van der Waals surface area contributed by atoms with E-state index in [1.165, 1.54) is 0 Å². The number of rotatable bonds is 10. The molecular formula is C31H39N3O6S. The van der Waals surface area contributed by atoms with Crippen molar-refractivity contribution in [2.75, 3.05) is 37.7 Å². The molecule has 0 fully saturated rings. The van der Waals surface area contributed by atoms with Crippen molar-refractivity contribution >= 4 is 21.6 Å². The molecule has 0 bridgehead atoms. The van der Waals surface area contributed by atoms with Gasteiger partial charge in [0.25, 0.3) is 0 Å². The number of hydrogen-bond donors (Lipinski definition) is 2. The average Bonchev–Trinajstić information content (AvgIpc) is 2.96. The summed E-state index contributed by atoms with van der Waals surface area (Å²) in [6.07, 6.45) is 0.844. The van der Waals surface area contributed by atoms with Crippen molar-refractivity contribution in [3.63, 3.8) is 0 Å². The minimum atomic E-state index is -3.49. The van der Waals surface area contributed by atoms with Crippen LogP contribution in [0.15, 0.2) is 72.8 Å². The van der Waals surface area contributed by atoms with Crippen LogP contribution in [0.4, 0.5) is 5.69 Å². The van der Waals surface area contributed by atoms with Crippen LogP contribution in [0.2, 0.25) is 0 Å². The van der Waals surface area contributed by atoms with Crippen molar-refractivity contribution in [3.8, 4) is 17.2 Å². The molecular weight excluding hydrogens is 542 g/mol. The number of aliphatic hydroxyl groups is 1. The van der Waals surface area contributed by atoms with Gasteiger partial charge in [0, 0.05) is 36.8 Å². The first kappa shape index (κ1) is 30.4. The molecule has 3 aromatic carbocycles. The Labute approximate surface area is 242 Å². The number of hydrogen-bond acceptors (Lipinski definition) is 7. The third-order valence-electron chi connectivity index (χ3n) is 7.07. The van der Waals surface area contributed by atoms with Crippen LogP contribution in [-0.4, -0.2) is 74.4 Å². The number of aliphatic hydroxyl groups excluding tert-OH is 1. The standard InChI is InChI=1S/C31H39N3O6S/c1-22-18-34(23(2)21-35)31(36)17-25-16-26(32-41(4,37)38)12-15-29(25)40-30(22)20-33(3)19-24-10-13-28(14-11-24)39-27-8-6-5-7-9-27/h5-16,22-23,30,32,35H,17-21H2,1-4H3/t22-,23+,30+/m1/s1. The maximum atomic E-state index is 13.3. The molecule has 0 radical (unpaired) electrons. The van der Waals surface area contributed by atoms with E-state index in [-0.39, 0.29) is 37.0 Å². The van der Waals surface area contributed by atoms with Crippen molar-refractivity contribution in [2.45, 2.75) is 39.0 Å². The van der Waals surface area contributed by atoms with Crippen molar-refractivity contribution in [2.24, 2.45) is 5.92 Å². The number of nitrogens with one attached hydrogen (secondary N) is 1. The maximum Gasteiger partial charge on any atom is 0.229 e. The lowest BCUT2D eigenvalue weighted by Gasteiger charge is -2.34. The predicted molar refractivity (Wildman–Crippen MR) is 160 cm³/mol. The highest BCUT2D eigenvalue weighted by Gasteiger charge is 2.31. The number of fused-ring (bicyclic) bond motifs is 1. The third-order valence-corrected chi connectivity index (χ3v) is 7.67. The molecule has 41 heavy (non-hydrogen) atoms. The molecule has 9 nitrogen and oxygen atoms in total. The van der Waals surface area contributed by atoms with Crippen LogP contribution in [-0.2, 0) is 27.8 Å². The van der Waals surface area contributed by atoms with Crippen LogP contribution in [0.3, 0.4) is 0 Å². The molecule has 0 spiro atoms.